The van der Waals surface area contributed by atoms with Crippen LogP contribution in [-0.4, -0.2) is 26.0 Å². The van der Waals surface area contributed by atoms with Crippen LogP contribution in [0.25, 0.3) is 11.3 Å². The first-order valence-electron chi connectivity index (χ1n) is 7.03. The van der Waals surface area contributed by atoms with Gasteiger partial charge in [0.05, 0.1) is 11.1 Å². The van der Waals surface area contributed by atoms with E-state index in [4.69, 9.17) is 16.6 Å². The number of benzene rings is 1. The van der Waals surface area contributed by atoms with Gasteiger partial charge in [-0.3, -0.25) is 20.0 Å². The Hall–Kier alpha value is -3.40. The SMILES string of the molecule is Cc1n[nH]c(=S)n(N=Cc2ccc(-c3ccc([N+](=O)[O-])cc3)o2)c1=O. The second kappa shape index (κ2) is 6.61. The van der Waals surface area contributed by atoms with Gasteiger partial charge in [0.25, 0.3) is 11.2 Å². The molecule has 0 aliphatic rings. The summed E-state index contributed by atoms with van der Waals surface area (Å²) in [6.07, 6.45) is 1.35. The molecule has 0 aliphatic heterocycles. The van der Waals surface area contributed by atoms with Crippen LogP contribution in [0.4, 0.5) is 5.69 Å². The number of nitro benzene ring substituents is 1. The minimum Gasteiger partial charge on any atom is -0.455 e. The molecule has 25 heavy (non-hydrogen) atoms. The molecule has 0 unspecified atom stereocenters. The topological polar surface area (TPSA) is 119 Å². The van der Waals surface area contributed by atoms with Crippen molar-refractivity contribution >= 4 is 24.1 Å². The summed E-state index contributed by atoms with van der Waals surface area (Å²) in [5.41, 5.74) is 0.483. The minimum absolute atomic E-state index is 0.00116. The Morgan fingerprint density at radius 2 is 2.04 bits per heavy atom. The summed E-state index contributed by atoms with van der Waals surface area (Å²) >= 11 is 4.98. The summed E-state index contributed by atoms with van der Waals surface area (Å²) in [7, 11) is 0. The van der Waals surface area contributed by atoms with E-state index < -0.39 is 10.5 Å². The van der Waals surface area contributed by atoms with Gasteiger partial charge in [-0.1, -0.05) is 0 Å². The molecule has 1 aromatic carbocycles. The first-order valence-corrected chi connectivity index (χ1v) is 7.44. The van der Waals surface area contributed by atoms with E-state index >= 15 is 0 Å². The number of nitrogens with one attached hydrogen (secondary N) is 1. The highest BCUT2D eigenvalue weighted by molar-refractivity contribution is 7.71. The zero-order valence-electron chi connectivity index (χ0n) is 12.9. The van der Waals surface area contributed by atoms with Crippen LogP contribution in [0, 0.1) is 21.8 Å². The lowest BCUT2D eigenvalue weighted by Crippen LogP contribution is -2.22. The molecule has 10 heteroatoms. The Morgan fingerprint density at radius 1 is 1.32 bits per heavy atom. The van der Waals surface area contributed by atoms with Gasteiger partial charge in [-0.2, -0.15) is 14.9 Å². The highest BCUT2D eigenvalue weighted by Gasteiger charge is 2.08. The summed E-state index contributed by atoms with van der Waals surface area (Å²) in [5.74, 6) is 0.906. The molecule has 0 atom stereocenters. The van der Waals surface area contributed by atoms with Crippen LogP contribution in [0.1, 0.15) is 11.5 Å². The van der Waals surface area contributed by atoms with Crippen molar-refractivity contribution in [2.24, 2.45) is 5.10 Å². The van der Waals surface area contributed by atoms with Gasteiger partial charge in [0.1, 0.15) is 17.2 Å². The molecule has 2 heterocycles. The van der Waals surface area contributed by atoms with E-state index in [0.717, 1.165) is 4.68 Å². The molecule has 0 bridgehead atoms. The van der Waals surface area contributed by atoms with E-state index in [1.165, 1.54) is 18.3 Å². The van der Waals surface area contributed by atoms with Crippen molar-refractivity contribution in [3.05, 3.63) is 73.1 Å². The van der Waals surface area contributed by atoms with Gasteiger partial charge in [-0.15, -0.1) is 0 Å². The third-order valence-corrected chi connectivity index (χ3v) is 3.57. The number of rotatable bonds is 4. The molecule has 9 nitrogen and oxygen atoms in total. The van der Waals surface area contributed by atoms with Gasteiger partial charge in [-0.05, 0) is 43.4 Å². The summed E-state index contributed by atoms with van der Waals surface area (Å²) < 4.78 is 6.68. The molecule has 0 radical (unpaired) electrons. The number of nitro groups is 1. The van der Waals surface area contributed by atoms with Crippen molar-refractivity contribution in [2.75, 3.05) is 0 Å². The molecular weight excluding hydrogens is 346 g/mol. The number of aryl methyl sites for hydroxylation is 1. The fourth-order valence-corrected chi connectivity index (χ4v) is 2.19. The molecule has 2 aromatic heterocycles. The molecule has 1 N–H and O–H groups in total. The first kappa shape index (κ1) is 16.5. The van der Waals surface area contributed by atoms with Crippen LogP contribution in [0.15, 0.2) is 50.7 Å². The Labute approximate surface area is 145 Å². The van der Waals surface area contributed by atoms with E-state index in [-0.39, 0.29) is 16.2 Å². The van der Waals surface area contributed by atoms with Crippen molar-refractivity contribution in [3.8, 4) is 11.3 Å². The van der Waals surface area contributed by atoms with Gasteiger partial charge in [0, 0.05) is 17.7 Å². The molecule has 0 amide bonds. The number of hydrogen-bond acceptors (Lipinski definition) is 7. The number of furan rings is 1. The van der Waals surface area contributed by atoms with E-state index in [9.17, 15) is 14.9 Å². The Morgan fingerprint density at radius 3 is 2.72 bits per heavy atom. The van der Waals surface area contributed by atoms with Crippen LogP contribution in [-0.2, 0) is 0 Å². The van der Waals surface area contributed by atoms with Gasteiger partial charge in [-0.25, -0.2) is 0 Å². The van der Waals surface area contributed by atoms with Crippen molar-refractivity contribution in [1.82, 2.24) is 14.9 Å². The number of aromatic nitrogens is 3. The highest BCUT2D eigenvalue weighted by atomic mass is 32.1. The summed E-state index contributed by atoms with van der Waals surface area (Å²) in [4.78, 5) is 22.1. The fourth-order valence-electron chi connectivity index (χ4n) is 2.02. The highest BCUT2D eigenvalue weighted by Crippen LogP contribution is 2.23. The lowest BCUT2D eigenvalue weighted by molar-refractivity contribution is -0.384. The van der Waals surface area contributed by atoms with Crippen molar-refractivity contribution < 1.29 is 9.34 Å². The second-order valence-corrected chi connectivity index (χ2v) is 5.37. The van der Waals surface area contributed by atoms with E-state index in [2.05, 4.69) is 15.3 Å². The maximum atomic E-state index is 11.9. The van der Waals surface area contributed by atoms with Gasteiger partial charge in [0.2, 0.25) is 4.77 Å². The molecule has 0 aliphatic carbocycles. The summed E-state index contributed by atoms with van der Waals surface area (Å²) in [6, 6.07) is 9.32. The Bertz CT molecular complexity index is 1080. The average Bonchev–Trinajstić information content (AvgIpc) is 3.07. The molecular formula is C15H11N5O4S. The molecule has 3 aromatic rings. The zero-order chi connectivity index (χ0) is 18.0. The fraction of sp³-hybridized carbons (Fsp3) is 0.0667. The largest absolute Gasteiger partial charge is 0.455 e. The first-order chi connectivity index (χ1) is 12.0. The maximum absolute atomic E-state index is 11.9. The van der Waals surface area contributed by atoms with Gasteiger partial charge in [0.15, 0.2) is 0 Å². The van der Waals surface area contributed by atoms with Crippen molar-refractivity contribution in [3.63, 3.8) is 0 Å². The number of nitrogens with zero attached hydrogens (tertiary/aromatic N) is 4. The number of hydrogen-bond donors (Lipinski definition) is 1. The number of non-ortho nitro benzene ring substituents is 1. The predicted molar refractivity (Wildman–Crippen MR) is 92.2 cm³/mol. The average molecular weight is 357 g/mol. The van der Waals surface area contributed by atoms with E-state index in [0.29, 0.717) is 17.1 Å². The number of aromatic amines is 1. The Balaban J connectivity index is 1.87. The van der Waals surface area contributed by atoms with Crippen LogP contribution >= 0.6 is 12.2 Å². The van der Waals surface area contributed by atoms with Gasteiger partial charge < -0.3 is 4.42 Å². The quantitative estimate of drug-likeness (QED) is 0.332. The predicted octanol–water partition coefficient (Wildman–Crippen LogP) is 2.66. The standard InChI is InChI=1S/C15H11N5O4S/c1-9-14(21)19(15(25)18-17-9)16-8-12-6-7-13(24-12)10-2-4-11(5-3-10)20(22)23/h2-8H,1H3,(H,18,25). The summed E-state index contributed by atoms with van der Waals surface area (Å²) in [5, 5.41) is 20.9. The van der Waals surface area contributed by atoms with E-state index in [1.807, 2.05) is 0 Å². The smallest absolute Gasteiger partial charge is 0.296 e. The zero-order valence-corrected chi connectivity index (χ0v) is 13.7. The molecule has 0 fully saturated rings. The minimum atomic E-state index is -0.470. The van der Waals surface area contributed by atoms with E-state index in [1.54, 1.807) is 31.2 Å². The van der Waals surface area contributed by atoms with Crippen molar-refractivity contribution in [2.45, 2.75) is 6.92 Å². The maximum Gasteiger partial charge on any atom is 0.296 e. The molecule has 0 spiro atoms. The molecule has 0 saturated carbocycles. The van der Waals surface area contributed by atoms with Crippen LogP contribution in [0.2, 0.25) is 0 Å². The van der Waals surface area contributed by atoms with Crippen LogP contribution < -0.4 is 5.56 Å². The number of H-pyrrole nitrogens is 1. The van der Waals surface area contributed by atoms with Gasteiger partial charge >= 0.3 is 0 Å². The molecule has 126 valence electrons. The molecule has 0 saturated heterocycles. The third kappa shape index (κ3) is 3.43. The van der Waals surface area contributed by atoms with Crippen LogP contribution in [0.5, 0.6) is 0 Å². The van der Waals surface area contributed by atoms with Crippen LogP contribution in [0.3, 0.4) is 0 Å². The Kier molecular flexibility index (Phi) is 4.35. The lowest BCUT2D eigenvalue weighted by atomic mass is 10.1. The normalized spacial score (nSPS) is 11.1. The third-order valence-electron chi connectivity index (χ3n) is 3.30. The second-order valence-electron chi connectivity index (χ2n) is 4.98. The summed E-state index contributed by atoms with van der Waals surface area (Å²) in [6.45, 7) is 1.54. The monoisotopic (exact) mass is 357 g/mol. The molecule has 3 rings (SSSR count). The van der Waals surface area contributed by atoms with Crippen molar-refractivity contribution in [1.29, 1.82) is 0 Å². The lowest BCUT2D eigenvalue weighted by Gasteiger charge is -1.98.